The summed E-state index contributed by atoms with van der Waals surface area (Å²) >= 11 is 0. The maximum atomic E-state index is 12.6. The molecule has 0 spiro atoms. The summed E-state index contributed by atoms with van der Waals surface area (Å²) in [6.07, 6.45) is 3.15. The van der Waals surface area contributed by atoms with Gasteiger partial charge < -0.3 is 20.0 Å². The summed E-state index contributed by atoms with van der Waals surface area (Å²) in [5.74, 6) is -0.645. The van der Waals surface area contributed by atoms with Crippen molar-refractivity contribution < 1.29 is 23.1 Å². The monoisotopic (exact) mass is 451 g/mol. The molecular formula is C19H25N5O6S. The van der Waals surface area contributed by atoms with Gasteiger partial charge in [0.2, 0.25) is 0 Å². The van der Waals surface area contributed by atoms with Crippen LogP contribution in [0.2, 0.25) is 0 Å². The summed E-state index contributed by atoms with van der Waals surface area (Å²) in [4.78, 5) is 42.1. The van der Waals surface area contributed by atoms with Crippen LogP contribution >= 0.6 is 0 Å². The van der Waals surface area contributed by atoms with Crippen molar-refractivity contribution in [1.82, 2.24) is 24.8 Å². The molecule has 168 valence electrons. The number of aromatic nitrogens is 3. The first-order valence-corrected chi connectivity index (χ1v) is 11.4. The van der Waals surface area contributed by atoms with Gasteiger partial charge in [0.15, 0.2) is 9.84 Å². The lowest BCUT2D eigenvalue weighted by molar-refractivity contribution is -0.122. The molecule has 2 aromatic heterocycles. The minimum Gasteiger partial charge on any atom is -0.483 e. The number of hydrogen-bond donors (Lipinski definition) is 3. The molecule has 2 aromatic rings. The third-order valence-corrected chi connectivity index (χ3v) is 8.01. The van der Waals surface area contributed by atoms with Gasteiger partial charge in [0, 0.05) is 62.2 Å². The summed E-state index contributed by atoms with van der Waals surface area (Å²) in [7, 11) is -1.68. The highest BCUT2D eigenvalue weighted by molar-refractivity contribution is 7.92. The number of fused-ring (bicyclic) bond motifs is 1. The highest BCUT2D eigenvalue weighted by Crippen LogP contribution is 2.34. The lowest BCUT2D eigenvalue weighted by Gasteiger charge is -2.20. The maximum Gasteiger partial charge on any atom is 0.290 e. The molecule has 4 heterocycles. The Morgan fingerprint density at radius 3 is 2.74 bits per heavy atom. The van der Waals surface area contributed by atoms with Crippen LogP contribution < -0.4 is 10.9 Å². The van der Waals surface area contributed by atoms with Crippen LogP contribution in [0, 0.1) is 12.8 Å². The zero-order valence-corrected chi connectivity index (χ0v) is 18.0. The number of sulfone groups is 1. The fourth-order valence-corrected chi connectivity index (χ4v) is 6.45. The number of carboxylic acid groups (broad SMARTS) is 1. The van der Waals surface area contributed by atoms with Crippen molar-refractivity contribution in [1.29, 1.82) is 0 Å². The van der Waals surface area contributed by atoms with Gasteiger partial charge in [-0.3, -0.25) is 19.3 Å². The van der Waals surface area contributed by atoms with Gasteiger partial charge >= 0.3 is 0 Å². The van der Waals surface area contributed by atoms with E-state index in [0.717, 1.165) is 11.4 Å². The molecule has 11 nitrogen and oxygen atoms in total. The van der Waals surface area contributed by atoms with E-state index in [4.69, 9.17) is 9.90 Å². The molecule has 0 aromatic carbocycles. The molecule has 2 saturated heterocycles. The topological polar surface area (TPSA) is 154 Å². The van der Waals surface area contributed by atoms with Crippen LogP contribution in [0.4, 0.5) is 0 Å². The number of aryl methyl sites for hydroxylation is 2. The van der Waals surface area contributed by atoms with Crippen LogP contribution in [0.15, 0.2) is 29.5 Å². The number of nitrogens with zero attached hydrogens (tertiary/aromatic N) is 3. The number of likely N-dealkylation sites (tertiary alicyclic amines) is 1. The summed E-state index contributed by atoms with van der Waals surface area (Å²) in [5.41, 5.74) is 1.82. The van der Waals surface area contributed by atoms with E-state index < -0.39 is 27.0 Å². The molecule has 12 heteroatoms. The summed E-state index contributed by atoms with van der Waals surface area (Å²) in [6.45, 7) is 3.28. The van der Waals surface area contributed by atoms with Crippen molar-refractivity contribution >= 4 is 22.2 Å². The van der Waals surface area contributed by atoms with Gasteiger partial charge in [0.05, 0.1) is 23.0 Å². The SMILES string of the molecule is Cc1[nH]cnc1CN1C[C@H]2[C@H](NC(=O)c3ccn(C)c(=O)c3)CS(=O)(=O)[C@H]2C1.O=CO. The van der Waals surface area contributed by atoms with Crippen molar-refractivity contribution in [2.45, 2.75) is 24.8 Å². The third kappa shape index (κ3) is 4.85. The van der Waals surface area contributed by atoms with Gasteiger partial charge in [-0.1, -0.05) is 0 Å². The number of hydrogen-bond acceptors (Lipinski definition) is 7. The van der Waals surface area contributed by atoms with Crippen LogP contribution in [0.3, 0.4) is 0 Å². The van der Waals surface area contributed by atoms with E-state index in [9.17, 15) is 18.0 Å². The number of carbonyl (C=O) groups is 2. The Hall–Kier alpha value is -2.99. The molecule has 0 saturated carbocycles. The van der Waals surface area contributed by atoms with E-state index in [1.54, 1.807) is 19.4 Å². The Morgan fingerprint density at radius 2 is 2.13 bits per heavy atom. The second-order valence-electron chi connectivity index (χ2n) is 7.75. The Balaban J connectivity index is 0.000000858. The van der Waals surface area contributed by atoms with Crippen molar-refractivity contribution in [2.24, 2.45) is 13.0 Å². The van der Waals surface area contributed by atoms with Gasteiger partial charge in [-0.25, -0.2) is 13.4 Å². The predicted octanol–water partition coefficient (Wildman–Crippen LogP) is -0.855. The van der Waals surface area contributed by atoms with E-state index in [0.29, 0.717) is 19.6 Å². The fourth-order valence-electron chi connectivity index (χ4n) is 4.12. The lowest BCUT2D eigenvalue weighted by atomic mass is 10.00. The van der Waals surface area contributed by atoms with Crippen molar-refractivity contribution in [2.75, 3.05) is 18.8 Å². The fraction of sp³-hybridized carbons (Fsp3) is 0.474. The van der Waals surface area contributed by atoms with E-state index >= 15 is 0 Å². The van der Waals surface area contributed by atoms with E-state index in [1.807, 2.05) is 6.92 Å². The molecule has 2 aliphatic rings. The van der Waals surface area contributed by atoms with Crippen molar-refractivity contribution in [3.8, 4) is 0 Å². The highest BCUT2D eigenvalue weighted by Gasteiger charge is 2.52. The normalized spacial score (nSPS) is 24.1. The number of nitrogens with one attached hydrogen (secondary N) is 2. The molecule has 1 amide bonds. The number of amides is 1. The molecule has 3 atom stereocenters. The Labute approximate surface area is 179 Å². The van der Waals surface area contributed by atoms with Gasteiger partial charge in [-0.05, 0) is 13.0 Å². The number of rotatable bonds is 4. The first-order chi connectivity index (χ1) is 14.7. The molecule has 0 unspecified atom stereocenters. The number of pyridine rings is 1. The molecular weight excluding hydrogens is 426 g/mol. The minimum absolute atomic E-state index is 0.0613. The van der Waals surface area contributed by atoms with Gasteiger partial charge in [-0.2, -0.15) is 0 Å². The summed E-state index contributed by atoms with van der Waals surface area (Å²) in [6, 6.07) is 2.35. The Morgan fingerprint density at radius 1 is 1.42 bits per heavy atom. The third-order valence-electron chi connectivity index (χ3n) is 5.77. The van der Waals surface area contributed by atoms with Gasteiger partial charge in [-0.15, -0.1) is 0 Å². The molecule has 0 bridgehead atoms. The predicted molar refractivity (Wildman–Crippen MR) is 111 cm³/mol. The van der Waals surface area contributed by atoms with E-state index in [1.165, 1.54) is 16.8 Å². The van der Waals surface area contributed by atoms with Crippen LogP contribution in [0.1, 0.15) is 21.7 Å². The first-order valence-electron chi connectivity index (χ1n) is 9.64. The molecule has 2 aliphatic heterocycles. The van der Waals surface area contributed by atoms with Crippen LogP contribution in [0.25, 0.3) is 0 Å². The lowest BCUT2D eigenvalue weighted by Crippen LogP contribution is -2.42. The molecule has 31 heavy (non-hydrogen) atoms. The first kappa shape index (κ1) is 22.7. The number of carbonyl (C=O) groups excluding carboxylic acids is 1. The quantitative estimate of drug-likeness (QED) is 0.508. The maximum absolute atomic E-state index is 12.6. The molecule has 2 fully saturated rings. The van der Waals surface area contributed by atoms with Crippen molar-refractivity contribution in [3.63, 3.8) is 0 Å². The smallest absolute Gasteiger partial charge is 0.290 e. The largest absolute Gasteiger partial charge is 0.483 e. The van der Waals surface area contributed by atoms with Gasteiger partial charge in [0.25, 0.3) is 17.9 Å². The Bertz CT molecular complexity index is 1120. The standard InChI is InChI=1S/C18H23N5O4S.CH2O2/c1-11-14(20-10-19-11)7-23-6-13-15(9-28(26,27)16(13)8-23)21-18(25)12-3-4-22(2)17(24)5-12;2-1-3/h3-5,10,13,15-16H,6-9H2,1-2H3,(H,19,20)(H,21,25);1H,(H,2,3)/t13-,15+,16-;/m0./s1. The molecule has 4 rings (SSSR count). The number of imidazole rings is 1. The highest BCUT2D eigenvalue weighted by atomic mass is 32.2. The molecule has 0 radical (unpaired) electrons. The molecule has 0 aliphatic carbocycles. The zero-order valence-electron chi connectivity index (χ0n) is 17.2. The second kappa shape index (κ2) is 9.02. The van der Waals surface area contributed by atoms with E-state index in [2.05, 4.69) is 20.2 Å². The van der Waals surface area contributed by atoms with Crippen molar-refractivity contribution in [3.05, 3.63) is 52.0 Å². The minimum atomic E-state index is -3.29. The second-order valence-corrected chi connectivity index (χ2v) is 10.0. The number of aromatic amines is 1. The zero-order chi connectivity index (χ0) is 22.8. The average molecular weight is 452 g/mol. The summed E-state index contributed by atoms with van der Waals surface area (Å²) in [5, 5.41) is 9.25. The van der Waals surface area contributed by atoms with Crippen LogP contribution in [0.5, 0.6) is 0 Å². The molecule has 3 N–H and O–H groups in total. The summed E-state index contributed by atoms with van der Waals surface area (Å²) < 4.78 is 26.6. The van der Waals surface area contributed by atoms with Crippen LogP contribution in [-0.4, -0.2) is 75.5 Å². The van der Waals surface area contributed by atoms with E-state index in [-0.39, 0.29) is 29.3 Å². The van der Waals surface area contributed by atoms with Gasteiger partial charge in [0.1, 0.15) is 0 Å². The number of H-pyrrole nitrogens is 1. The average Bonchev–Trinajstić information content (AvgIpc) is 3.36. The van der Waals surface area contributed by atoms with Crippen LogP contribution in [-0.2, 0) is 28.2 Å². The Kier molecular flexibility index (Phi) is 6.60.